The van der Waals surface area contributed by atoms with E-state index in [1.54, 1.807) is 0 Å². The second kappa shape index (κ2) is 6.53. The predicted molar refractivity (Wildman–Crippen MR) is 71.7 cm³/mol. The Bertz CT molecular complexity index is 278. The molecule has 1 rings (SSSR count). The largest absolute Gasteiger partial charge is 0.481 e. The summed E-state index contributed by atoms with van der Waals surface area (Å²) in [6.45, 7) is 8.31. The average Bonchev–Trinajstić information content (AvgIpc) is 2.29. The first-order valence-electron chi connectivity index (χ1n) is 6.93. The number of carboxylic acids is 1. The smallest absolute Gasteiger partial charge is 0.303 e. The van der Waals surface area contributed by atoms with Crippen molar-refractivity contribution in [2.45, 2.75) is 58.6 Å². The summed E-state index contributed by atoms with van der Waals surface area (Å²) in [4.78, 5) is 12.8. The van der Waals surface area contributed by atoms with Gasteiger partial charge in [0.25, 0.3) is 0 Å². The molecule has 4 nitrogen and oxygen atoms in total. The van der Waals surface area contributed by atoms with E-state index in [1.807, 2.05) is 6.92 Å². The minimum absolute atomic E-state index is 0.206. The quantitative estimate of drug-likeness (QED) is 0.678. The average molecular weight is 257 g/mol. The van der Waals surface area contributed by atoms with E-state index in [1.165, 1.54) is 0 Å². The molecule has 0 bridgehead atoms. The van der Waals surface area contributed by atoms with Crippen molar-refractivity contribution in [2.75, 3.05) is 20.2 Å². The molecule has 0 radical (unpaired) electrons. The lowest BCUT2D eigenvalue weighted by atomic mass is 9.64. The zero-order chi connectivity index (χ0) is 13.8. The molecule has 4 heteroatoms. The molecule has 18 heavy (non-hydrogen) atoms. The van der Waals surface area contributed by atoms with Gasteiger partial charge in [-0.15, -0.1) is 0 Å². The fraction of sp³-hybridized carbons (Fsp3) is 0.929. The zero-order valence-electron chi connectivity index (χ0n) is 12.1. The Morgan fingerprint density at radius 3 is 2.61 bits per heavy atom. The molecule has 1 aliphatic carbocycles. The summed E-state index contributed by atoms with van der Waals surface area (Å²) in [5.74, 6) is -0.696. The Hall–Kier alpha value is -0.610. The number of rotatable bonds is 8. The van der Waals surface area contributed by atoms with E-state index in [9.17, 15) is 4.79 Å². The molecule has 1 N–H and O–H groups in total. The lowest BCUT2D eigenvalue weighted by molar-refractivity contribution is -0.145. The van der Waals surface area contributed by atoms with Crippen molar-refractivity contribution in [1.29, 1.82) is 0 Å². The molecule has 0 heterocycles. The Morgan fingerprint density at radius 2 is 2.11 bits per heavy atom. The van der Waals surface area contributed by atoms with Gasteiger partial charge in [-0.3, -0.25) is 4.79 Å². The van der Waals surface area contributed by atoms with Crippen LogP contribution in [0.25, 0.3) is 0 Å². The standard InChI is InChI=1S/C14H27NO3/c1-5-18-12-10-11(14(12,2)3)15(4)9-7-6-8-13(16)17/h11-12H,5-10H2,1-4H3,(H,16,17). The summed E-state index contributed by atoms with van der Waals surface area (Å²) in [5.41, 5.74) is 0.206. The van der Waals surface area contributed by atoms with E-state index < -0.39 is 5.97 Å². The van der Waals surface area contributed by atoms with Crippen LogP contribution in [-0.2, 0) is 9.53 Å². The Labute approximate surface area is 110 Å². The number of carbonyl (C=O) groups is 1. The molecule has 0 aromatic rings. The maximum absolute atomic E-state index is 10.4. The van der Waals surface area contributed by atoms with Gasteiger partial charge in [-0.05, 0) is 39.8 Å². The maximum atomic E-state index is 10.4. The molecule has 106 valence electrons. The van der Waals surface area contributed by atoms with Gasteiger partial charge in [0.05, 0.1) is 6.10 Å². The second-order valence-electron chi connectivity index (χ2n) is 5.85. The molecule has 1 aliphatic rings. The zero-order valence-corrected chi connectivity index (χ0v) is 12.1. The molecule has 1 saturated carbocycles. The molecule has 0 saturated heterocycles. The van der Waals surface area contributed by atoms with E-state index in [-0.39, 0.29) is 11.8 Å². The number of unbranched alkanes of at least 4 members (excludes halogenated alkanes) is 1. The molecule has 0 aromatic heterocycles. The fourth-order valence-electron chi connectivity index (χ4n) is 2.89. The highest BCUT2D eigenvalue weighted by molar-refractivity contribution is 5.66. The van der Waals surface area contributed by atoms with Gasteiger partial charge in [-0.25, -0.2) is 0 Å². The highest BCUT2D eigenvalue weighted by atomic mass is 16.5. The lowest BCUT2D eigenvalue weighted by Crippen LogP contribution is -2.61. The summed E-state index contributed by atoms with van der Waals surface area (Å²) >= 11 is 0. The molecule has 0 amide bonds. The summed E-state index contributed by atoms with van der Waals surface area (Å²) in [6.07, 6.45) is 3.46. The van der Waals surface area contributed by atoms with Crippen molar-refractivity contribution in [3.8, 4) is 0 Å². The molecular weight excluding hydrogens is 230 g/mol. The first-order chi connectivity index (χ1) is 8.39. The van der Waals surface area contributed by atoms with Crippen LogP contribution in [0.5, 0.6) is 0 Å². The van der Waals surface area contributed by atoms with Crippen LogP contribution in [0, 0.1) is 5.41 Å². The van der Waals surface area contributed by atoms with E-state index >= 15 is 0 Å². The third-order valence-corrected chi connectivity index (χ3v) is 4.18. The van der Waals surface area contributed by atoms with Crippen molar-refractivity contribution in [3.05, 3.63) is 0 Å². The van der Waals surface area contributed by atoms with Crippen molar-refractivity contribution in [3.63, 3.8) is 0 Å². The van der Waals surface area contributed by atoms with E-state index in [4.69, 9.17) is 9.84 Å². The minimum atomic E-state index is -0.696. The Balaban J connectivity index is 2.27. The molecule has 2 unspecified atom stereocenters. The summed E-state index contributed by atoms with van der Waals surface area (Å²) < 4.78 is 5.73. The monoisotopic (exact) mass is 257 g/mol. The number of ether oxygens (including phenoxy) is 1. The van der Waals surface area contributed by atoms with Crippen LogP contribution in [0.3, 0.4) is 0 Å². The van der Waals surface area contributed by atoms with Crippen LogP contribution in [0.2, 0.25) is 0 Å². The minimum Gasteiger partial charge on any atom is -0.481 e. The van der Waals surface area contributed by atoms with Gasteiger partial charge in [0.15, 0.2) is 0 Å². The SMILES string of the molecule is CCOC1CC(N(C)CCCCC(=O)O)C1(C)C. The van der Waals surface area contributed by atoms with Gasteiger partial charge >= 0.3 is 5.97 Å². The third-order valence-electron chi connectivity index (χ3n) is 4.18. The first kappa shape index (κ1) is 15.4. The van der Waals surface area contributed by atoms with Crippen LogP contribution in [-0.4, -0.2) is 48.3 Å². The van der Waals surface area contributed by atoms with Crippen LogP contribution >= 0.6 is 0 Å². The van der Waals surface area contributed by atoms with Crippen LogP contribution in [0.1, 0.15) is 46.5 Å². The van der Waals surface area contributed by atoms with Crippen LogP contribution in [0.4, 0.5) is 0 Å². The number of hydrogen-bond acceptors (Lipinski definition) is 3. The van der Waals surface area contributed by atoms with Crippen LogP contribution < -0.4 is 0 Å². The van der Waals surface area contributed by atoms with Gasteiger partial charge in [0.1, 0.15) is 0 Å². The van der Waals surface area contributed by atoms with E-state index in [2.05, 4.69) is 25.8 Å². The van der Waals surface area contributed by atoms with Crippen molar-refractivity contribution in [1.82, 2.24) is 4.90 Å². The van der Waals surface area contributed by atoms with Crippen LogP contribution in [0.15, 0.2) is 0 Å². The molecule has 1 fully saturated rings. The highest BCUT2D eigenvalue weighted by Crippen LogP contribution is 2.45. The maximum Gasteiger partial charge on any atom is 0.303 e. The van der Waals surface area contributed by atoms with Crippen molar-refractivity contribution >= 4 is 5.97 Å². The third kappa shape index (κ3) is 3.69. The van der Waals surface area contributed by atoms with Gasteiger partial charge in [-0.1, -0.05) is 13.8 Å². The summed E-state index contributed by atoms with van der Waals surface area (Å²) in [7, 11) is 2.13. The van der Waals surface area contributed by atoms with E-state index in [0.717, 1.165) is 32.4 Å². The topological polar surface area (TPSA) is 49.8 Å². The molecule has 2 atom stereocenters. The summed E-state index contributed by atoms with van der Waals surface area (Å²) in [6, 6.07) is 0.555. The van der Waals surface area contributed by atoms with Gasteiger partial charge in [0.2, 0.25) is 0 Å². The van der Waals surface area contributed by atoms with Crippen molar-refractivity contribution in [2.24, 2.45) is 5.41 Å². The van der Waals surface area contributed by atoms with Crippen molar-refractivity contribution < 1.29 is 14.6 Å². The Kier molecular flexibility index (Phi) is 5.60. The number of nitrogens with zero attached hydrogens (tertiary/aromatic N) is 1. The first-order valence-corrected chi connectivity index (χ1v) is 6.93. The van der Waals surface area contributed by atoms with Gasteiger partial charge < -0.3 is 14.7 Å². The normalized spacial score (nSPS) is 26.1. The molecular formula is C14H27NO3. The van der Waals surface area contributed by atoms with E-state index in [0.29, 0.717) is 12.1 Å². The molecule has 0 aromatic carbocycles. The number of aliphatic carboxylic acids is 1. The van der Waals surface area contributed by atoms with Gasteiger partial charge in [-0.2, -0.15) is 0 Å². The summed E-state index contributed by atoms with van der Waals surface area (Å²) in [5, 5.41) is 8.59. The predicted octanol–water partition coefficient (Wildman–Crippen LogP) is 2.38. The molecule has 0 aliphatic heterocycles. The number of hydrogen-bond donors (Lipinski definition) is 1. The van der Waals surface area contributed by atoms with Gasteiger partial charge in [0, 0.05) is 24.5 Å². The number of carboxylic acid groups (broad SMARTS) is 1. The molecule has 0 spiro atoms. The fourth-order valence-corrected chi connectivity index (χ4v) is 2.89. The Morgan fingerprint density at radius 1 is 1.44 bits per heavy atom. The highest BCUT2D eigenvalue weighted by Gasteiger charge is 2.50. The lowest BCUT2D eigenvalue weighted by Gasteiger charge is -2.55. The second-order valence-corrected chi connectivity index (χ2v) is 5.85.